The van der Waals surface area contributed by atoms with Crippen LogP contribution >= 0.6 is 15.9 Å². The highest BCUT2D eigenvalue weighted by Gasteiger charge is 2.11. The van der Waals surface area contributed by atoms with Gasteiger partial charge in [0.05, 0.1) is 22.1 Å². The van der Waals surface area contributed by atoms with Gasteiger partial charge in [0, 0.05) is 0 Å². The van der Waals surface area contributed by atoms with E-state index in [4.69, 9.17) is 0 Å². The number of benzene rings is 2. The van der Waals surface area contributed by atoms with E-state index in [1.807, 2.05) is 36.4 Å². The summed E-state index contributed by atoms with van der Waals surface area (Å²) >= 11 is 3.67. The molecule has 0 aliphatic rings. The number of hydrogen-bond acceptors (Lipinski definition) is 2. The van der Waals surface area contributed by atoms with Crippen LogP contribution in [0.15, 0.2) is 59.7 Å². The third kappa shape index (κ3) is 2.31. The molecule has 0 aliphatic carbocycles. The molecule has 3 rings (SSSR count). The SMILES string of the molecule is O=c1[nH]cnc2ccc(C(Br)c3ccccc3)cc12. The Bertz CT molecular complexity index is 768. The number of nitrogens with zero attached hydrogens (tertiary/aromatic N) is 1. The van der Waals surface area contributed by atoms with Crippen molar-refractivity contribution in [3.05, 3.63) is 76.3 Å². The maximum atomic E-state index is 11.8. The van der Waals surface area contributed by atoms with E-state index in [2.05, 4.69) is 38.0 Å². The van der Waals surface area contributed by atoms with Crippen LogP contribution in [0.2, 0.25) is 0 Å². The first-order valence-corrected chi connectivity index (χ1v) is 6.83. The van der Waals surface area contributed by atoms with Crippen molar-refractivity contribution in [1.82, 2.24) is 9.97 Å². The van der Waals surface area contributed by atoms with E-state index in [1.54, 1.807) is 0 Å². The maximum Gasteiger partial charge on any atom is 0.258 e. The zero-order valence-electron chi connectivity index (χ0n) is 10.0. The lowest BCUT2D eigenvalue weighted by molar-refractivity contribution is 1.15. The molecule has 0 saturated carbocycles. The summed E-state index contributed by atoms with van der Waals surface area (Å²) in [6.07, 6.45) is 1.42. The van der Waals surface area contributed by atoms with E-state index in [-0.39, 0.29) is 10.4 Å². The highest BCUT2D eigenvalue weighted by molar-refractivity contribution is 9.09. The topological polar surface area (TPSA) is 45.8 Å². The standard InChI is InChI=1S/C15H11BrN2O/c16-14(10-4-2-1-3-5-10)11-6-7-13-12(8-11)15(19)18-9-17-13/h1-9,14H,(H,17,18,19). The fourth-order valence-electron chi connectivity index (χ4n) is 2.06. The highest BCUT2D eigenvalue weighted by Crippen LogP contribution is 2.31. The van der Waals surface area contributed by atoms with Crippen molar-refractivity contribution in [3.8, 4) is 0 Å². The molecule has 94 valence electrons. The van der Waals surface area contributed by atoms with Gasteiger partial charge in [0.25, 0.3) is 5.56 Å². The van der Waals surface area contributed by atoms with Gasteiger partial charge in [0.1, 0.15) is 0 Å². The Morgan fingerprint density at radius 3 is 2.63 bits per heavy atom. The van der Waals surface area contributed by atoms with Crippen molar-refractivity contribution in [2.75, 3.05) is 0 Å². The molecule has 0 radical (unpaired) electrons. The van der Waals surface area contributed by atoms with Crippen LogP contribution in [0.25, 0.3) is 10.9 Å². The van der Waals surface area contributed by atoms with Crippen LogP contribution in [0, 0.1) is 0 Å². The second-order valence-corrected chi connectivity index (χ2v) is 5.20. The van der Waals surface area contributed by atoms with Gasteiger partial charge in [-0.1, -0.05) is 52.3 Å². The fraction of sp³-hybridized carbons (Fsp3) is 0.0667. The summed E-state index contributed by atoms with van der Waals surface area (Å²) in [5.41, 5.74) is 2.79. The summed E-state index contributed by atoms with van der Waals surface area (Å²) in [5, 5.41) is 0.611. The number of nitrogens with one attached hydrogen (secondary N) is 1. The van der Waals surface area contributed by atoms with Crippen LogP contribution in [0.4, 0.5) is 0 Å². The third-order valence-electron chi connectivity index (χ3n) is 3.05. The second-order valence-electron chi connectivity index (χ2n) is 4.28. The van der Waals surface area contributed by atoms with Gasteiger partial charge in [-0.2, -0.15) is 0 Å². The first kappa shape index (κ1) is 12.1. The monoisotopic (exact) mass is 314 g/mol. The number of fused-ring (bicyclic) bond motifs is 1. The van der Waals surface area contributed by atoms with Gasteiger partial charge in [0.15, 0.2) is 0 Å². The molecule has 1 atom stereocenters. The van der Waals surface area contributed by atoms with Gasteiger partial charge in [0.2, 0.25) is 0 Å². The summed E-state index contributed by atoms with van der Waals surface area (Å²) < 4.78 is 0. The van der Waals surface area contributed by atoms with Crippen LogP contribution in [-0.2, 0) is 0 Å². The molecule has 1 N–H and O–H groups in total. The largest absolute Gasteiger partial charge is 0.313 e. The number of halogens is 1. The molecule has 1 aromatic heterocycles. The molecule has 1 heterocycles. The van der Waals surface area contributed by atoms with Gasteiger partial charge in [-0.3, -0.25) is 4.79 Å². The minimum atomic E-state index is -0.111. The van der Waals surface area contributed by atoms with Gasteiger partial charge in [-0.15, -0.1) is 0 Å². The lowest BCUT2D eigenvalue weighted by atomic mass is 10.0. The Morgan fingerprint density at radius 2 is 1.84 bits per heavy atom. The van der Waals surface area contributed by atoms with E-state index in [0.29, 0.717) is 10.9 Å². The molecule has 3 aromatic rings. The lowest BCUT2D eigenvalue weighted by Crippen LogP contribution is -2.06. The zero-order valence-corrected chi connectivity index (χ0v) is 11.6. The smallest absolute Gasteiger partial charge is 0.258 e. The number of hydrogen-bond donors (Lipinski definition) is 1. The van der Waals surface area contributed by atoms with E-state index in [9.17, 15) is 4.79 Å². The molecular formula is C15H11BrN2O. The van der Waals surface area contributed by atoms with Crippen LogP contribution in [0.1, 0.15) is 16.0 Å². The van der Waals surface area contributed by atoms with Crippen LogP contribution in [-0.4, -0.2) is 9.97 Å². The summed E-state index contributed by atoms with van der Waals surface area (Å²) in [4.78, 5) is 18.6. The molecule has 0 fully saturated rings. The fourth-order valence-corrected chi connectivity index (χ4v) is 2.65. The third-order valence-corrected chi connectivity index (χ3v) is 4.11. The molecule has 0 bridgehead atoms. The number of alkyl halides is 1. The van der Waals surface area contributed by atoms with Gasteiger partial charge in [-0.05, 0) is 23.3 Å². The maximum absolute atomic E-state index is 11.8. The molecule has 2 aromatic carbocycles. The minimum Gasteiger partial charge on any atom is -0.313 e. The number of rotatable bonds is 2. The summed E-state index contributed by atoms with van der Waals surface area (Å²) in [5.74, 6) is 0. The summed E-state index contributed by atoms with van der Waals surface area (Å²) in [6, 6.07) is 15.8. The summed E-state index contributed by atoms with van der Waals surface area (Å²) in [7, 11) is 0. The quantitative estimate of drug-likeness (QED) is 0.737. The lowest BCUT2D eigenvalue weighted by Gasteiger charge is -2.11. The zero-order chi connectivity index (χ0) is 13.2. The van der Waals surface area contributed by atoms with Gasteiger partial charge in [-0.25, -0.2) is 4.98 Å². The molecule has 0 aliphatic heterocycles. The average Bonchev–Trinajstić information content (AvgIpc) is 2.47. The van der Waals surface area contributed by atoms with Crippen LogP contribution < -0.4 is 5.56 Å². The molecule has 19 heavy (non-hydrogen) atoms. The van der Waals surface area contributed by atoms with Crippen molar-refractivity contribution in [3.63, 3.8) is 0 Å². The Labute approximate surface area is 118 Å². The van der Waals surface area contributed by atoms with Crippen molar-refractivity contribution in [2.45, 2.75) is 4.83 Å². The molecular weight excluding hydrogens is 304 g/mol. The molecule has 1 unspecified atom stereocenters. The van der Waals surface area contributed by atoms with Crippen LogP contribution in [0.5, 0.6) is 0 Å². The molecule has 3 nitrogen and oxygen atoms in total. The Hall–Kier alpha value is -1.94. The van der Waals surface area contributed by atoms with Crippen molar-refractivity contribution >= 4 is 26.8 Å². The van der Waals surface area contributed by atoms with E-state index in [1.165, 1.54) is 6.33 Å². The Morgan fingerprint density at radius 1 is 1.05 bits per heavy atom. The Kier molecular flexibility index (Phi) is 3.17. The average molecular weight is 315 g/mol. The van der Waals surface area contributed by atoms with E-state index in [0.717, 1.165) is 11.1 Å². The number of aromatic amines is 1. The van der Waals surface area contributed by atoms with Gasteiger partial charge >= 0.3 is 0 Å². The number of H-pyrrole nitrogens is 1. The normalized spacial score (nSPS) is 12.5. The number of aromatic nitrogens is 2. The van der Waals surface area contributed by atoms with Gasteiger partial charge < -0.3 is 4.98 Å². The highest BCUT2D eigenvalue weighted by atomic mass is 79.9. The van der Waals surface area contributed by atoms with Crippen molar-refractivity contribution in [2.24, 2.45) is 0 Å². The molecule has 0 spiro atoms. The minimum absolute atomic E-state index is 0.0673. The first-order valence-electron chi connectivity index (χ1n) is 5.92. The summed E-state index contributed by atoms with van der Waals surface area (Å²) in [6.45, 7) is 0. The second kappa shape index (κ2) is 4.97. The van der Waals surface area contributed by atoms with E-state index < -0.39 is 0 Å². The van der Waals surface area contributed by atoms with E-state index >= 15 is 0 Å². The van der Waals surface area contributed by atoms with Crippen molar-refractivity contribution in [1.29, 1.82) is 0 Å². The molecule has 0 amide bonds. The predicted molar refractivity (Wildman–Crippen MR) is 79.6 cm³/mol. The first-order chi connectivity index (χ1) is 9.25. The van der Waals surface area contributed by atoms with Crippen molar-refractivity contribution < 1.29 is 0 Å². The predicted octanol–water partition coefficient (Wildman–Crippen LogP) is 3.41. The molecule has 0 saturated heterocycles. The van der Waals surface area contributed by atoms with Crippen LogP contribution in [0.3, 0.4) is 0 Å². The molecule has 4 heteroatoms. The Balaban J connectivity index is 2.11.